The zero-order chi connectivity index (χ0) is 14.0. The summed E-state index contributed by atoms with van der Waals surface area (Å²) < 4.78 is 29.6. The van der Waals surface area contributed by atoms with Gasteiger partial charge in [-0.3, -0.25) is 4.79 Å². The Balaban J connectivity index is 2.76. The fourth-order valence-corrected chi connectivity index (χ4v) is 3.55. The van der Waals surface area contributed by atoms with E-state index in [0.717, 1.165) is 24.3 Å². The maximum atomic E-state index is 12.1. The minimum atomic E-state index is -3.78. The maximum Gasteiger partial charge on any atom is 0.325 e. The van der Waals surface area contributed by atoms with E-state index in [1.807, 2.05) is 0 Å². The number of hydrogen-bond acceptors (Lipinski definition) is 5. The first kappa shape index (κ1) is 15.4. The lowest BCUT2D eigenvalue weighted by atomic mass is 10.0. The van der Waals surface area contributed by atoms with E-state index in [-0.39, 0.29) is 6.54 Å². The summed E-state index contributed by atoms with van der Waals surface area (Å²) in [6, 6.07) is 0. The predicted molar refractivity (Wildman–Crippen MR) is 66.4 cm³/mol. The van der Waals surface area contributed by atoms with Gasteiger partial charge in [0.2, 0.25) is 10.0 Å². The van der Waals surface area contributed by atoms with Gasteiger partial charge in [0.15, 0.2) is 5.25 Å². The van der Waals surface area contributed by atoms with Crippen LogP contribution in [0, 0.1) is 0 Å². The van der Waals surface area contributed by atoms with Crippen molar-refractivity contribution in [2.24, 2.45) is 0 Å². The monoisotopic (exact) mass is 279 g/mol. The number of sulfonamides is 1. The molecule has 0 aromatic rings. The fourth-order valence-electron chi connectivity index (χ4n) is 2.25. The Labute approximate surface area is 108 Å². The number of carbonyl (C=O) groups excluding carboxylic acids is 1. The average Bonchev–Trinajstić information content (AvgIpc) is 2.73. The van der Waals surface area contributed by atoms with E-state index in [1.54, 1.807) is 0 Å². The third-order valence-electron chi connectivity index (χ3n) is 3.47. The van der Waals surface area contributed by atoms with Crippen molar-refractivity contribution >= 4 is 16.0 Å². The quantitative estimate of drug-likeness (QED) is 0.722. The first-order chi connectivity index (χ1) is 8.23. The van der Waals surface area contributed by atoms with Crippen molar-refractivity contribution < 1.29 is 23.1 Å². The second-order valence-electron chi connectivity index (χ2n) is 4.90. The van der Waals surface area contributed by atoms with Gasteiger partial charge in [0.1, 0.15) is 0 Å². The minimum Gasteiger partial charge on any atom is -0.468 e. The molecule has 1 aliphatic carbocycles. The Morgan fingerprint density at radius 3 is 2.39 bits per heavy atom. The number of methoxy groups -OCH3 is 1. The molecular formula is C11H21NO5S. The fraction of sp³-hybridized carbons (Fsp3) is 0.909. The van der Waals surface area contributed by atoms with Gasteiger partial charge in [0.25, 0.3) is 0 Å². The molecule has 0 aliphatic heterocycles. The molecule has 6 nitrogen and oxygen atoms in total. The van der Waals surface area contributed by atoms with E-state index in [1.165, 1.54) is 14.0 Å². The Morgan fingerprint density at radius 2 is 1.94 bits per heavy atom. The molecule has 0 spiro atoms. The van der Waals surface area contributed by atoms with Crippen LogP contribution in [0.25, 0.3) is 0 Å². The Bertz CT molecular complexity index is 400. The van der Waals surface area contributed by atoms with Crippen LogP contribution in [-0.4, -0.2) is 55.4 Å². The molecule has 0 amide bonds. The zero-order valence-corrected chi connectivity index (χ0v) is 11.9. The van der Waals surface area contributed by atoms with Gasteiger partial charge >= 0.3 is 5.97 Å². The first-order valence-electron chi connectivity index (χ1n) is 5.98. The Hall–Kier alpha value is -0.660. The highest BCUT2D eigenvalue weighted by atomic mass is 32.2. The van der Waals surface area contributed by atoms with Crippen molar-refractivity contribution in [3.05, 3.63) is 0 Å². The van der Waals surface area contributed by atoms with Crippen molar-refractivity contribution in [3.8, 4) is 0 Å². The van der Waals surface area contributed by atoms with Crippen LogP contribution >= 0.6 is 0 Å². The molecule has 1 aliphatic rings. The summed E-state index contributed by atoms with van der Waals surface area (Å²) in [4.78, 5) is 11.3. The van der Waals surface area contributed by atoms with E-state index in [0.29, 0.717) is 12.8 Å². The number of hydrogen-bond donors (Lipinski definition) is 1. The minimum absolute atomic E-state index is 0.0245. The lowest BCUT2D eigenvalue weighted by Gasteiger charge is -2.29. The lowest BCUT2D eigenvalue weighted by molar-refractivity contribution is -0.139. The molecule has 106 valence electrons. The molecule has 1 saturated carbocycles. The summed E-state index contributed by atoms with van der Waals surface area (Å²) >= 11 is 0. The summed E-state index contributed by atoms with van der Waals surface area (Å²) in [6.07, 6.45) is 2.99. The predicted octanol–water partition coefficient (Wildman–Crippen LogP) is 0.115. The average molecular weight is 279 g/mol. The zero-order valence-electron chi connectivity index (χ0n) is 11.0. The second-order valence-corrected chi connectivity index (χ2v) is 7.26. The van der Waals surface area contributed by atoms with Crippen LogP contribution in [0.2, 0.25) is 0 Å². The SMILES string of the molecule is COC(=O)C(C)S(=O)(=O)N(C)CC1(O)CCCC1. The van der Waals surface area contributed by atoms with E-state index >= 15 is 0 Å². The molecule has 0 aromatic heterocycles. The van der Waals surface area contributed by atoms with Crippen LogP contribution in [0.15, 0.2) is 0 Å². The molecule has 1 rings (SSSR count). The normalized spacial score (nSPS) is 20.9. The summed E-state index contributed by atoms with van der Waals surface area (Å²) in [6.45, 7) is 1.31. The highest BCUT2D eigenvalue weighted by molar-refractivity contribution is 7.90. The van der Waals surface area contributed by atoms with Gasteiger partial charge in [-0.1, -0.05) is 12.8 Å². The van der Waals surface area contributed by atoms with Crippen molar-refractivity contribution in [2.75, 3.05) is 20.7 Å². The van der Waals surface area contributed by atoms with Gasteiger partial charge in [0, 0.05) is 13.6 Å². The van der Waals surface area contributed by atoms with Crippen LogP contribution in [-0.2, 0) is 19.6 Å². The number of rotatable bonds is 5. The van der Waals surface area contributed by atoms with Crippen molar-refractivity contribution in [2.45, 2.75) is 43.5 Å². The molecule has 18 heavy (non-hydrogen) atoms. The van der Waals surface area contributed by atoms with Crippen LogP contribution < -0.4 is 0 Å². The van der Waals surface area contributed by atoms with Crippen LogP contribution in [0.5, 0.6) is 0 Å². The highest BCUT2D eigenvalue weighted by Crippen LogP contribution is 2.30. The van der Waals surface area contributed by atoms with Crippen molar-refractivity contribution in [1.82, 2.24) is 4.31 Å². The molecular weight excluding hydrogens is 258 g/mol. The molecule has 1 unspecified atom stereocenters. The summed E-state index contributed by atoms with van der Waals surface area (Å²) in [5.41, 5.74) is -0.961. The van der Waals surface area contributed by atoms with Gasteiger partial charge in [-0.15, -0.1) is 0 Å². The number of likely N-dealkylation sites (N-methyl/N-ethyl adjacent to an activating group) is 1. The number of carbonyl (C=O) groups is 1. The lowest BCUT2D eigenvalue weighted by Crippen LogP contribution is -2.46. The second kappa shape index (κ2) is 5.54. The molecule has 0 saturated heterocycles. The van der Waals surface area contributed by atoms with Gasteiger partial charge in [-0.05, 0) is 19.8 Å². The maximum absolute atomic E-state index is 12.1. The summed E-state index contributed by atoms with van der Waals surface area (Å²) in [7, 11) is -1.25. The smallest absolute Gasteiger partial charge is 0.325 e. The molecule has 7 heteroatoms. The number of nitrogens with zero attached hydrogens (tertiary/aromatic N) is 1. The van der Waals surface area contributed by atoms with Crippen molar-refractivity contribution in [3.63, 3.8) is 0 Å². The Kier molecular flexibility index (Phi) is 4.74. The van der Waals surface area contributed by atoms with Gasteiger partial charge in [0.05, 0.1) is 12.7 Å². The molecule has 0 heterocycles. The largest absolute Gasteiger partial charge is 0.468 e. The molecule has 0 aromatic carbocycles. The van der Waals surface area contributed by atoms with E-state index in [4.69, 9.17) is 0 Å². The first-order valence-corrected chi connectivity index (χ1v) is 7.49. The Morgan fingerprint density at radius 1 is 1.44 bits per heavy atom. The van der Waals surface area contributed by atoms with Crippen molar-refractivity contribution in [1.29, 1.82) is 0 Å². The van der Waals surface area contributed by atoms with E-state index < -0.39 is 26.8 Å². The highest BCUT2D eigenvalue weighted by Gasteiger charge is 2.39. The van der Waals surface area contributed by atoms with E-state index in [9.17, 15) is 18.3 Å². The molecule has 0 bridgehead atoms. The number of esters is 1. The number of ether oxygens (including phenoxy) is 1. The summed E-state index contributed by atoms with van der Waals surface area (Å²) in [5, 5.41) is 8.93. The standard InChI is InChI=1S/C11H21NO5S/c1-9(10(13)17-3)18(15,16)12(2)8-11(14)6-4-5-7-11/h9,14H,4-8H2,1-3H3. The van der Waals surface area contributed by atoms with Crippen LogP contribution in [0.4, 0.5) is 0 Å². The molecule has 0 radical (unpaired) electrons. The third-order valence-corrected chi connectivity index (χ3v) is 5.55. The van der Waals surface area contributed by atoms with Crippen LogP contribution in [0.3, 0.4) is 0 Å². The van der Waals surface area contributed by atoms with Gasteiger partial charge in [-0.2, -0.15) is 0 Å². The molecule has 1 atom stereocenters. The summed E-state index contributed by atoms with van der Waals surface area (Å²) in [5.74, 6) is -0.791. The topological polar surface area (TPSA) is 83.9 Å². The third kappa shape index (κ3) is 3.21. The number of aliphatic hydroxyl groups is 1. The molecule has 1 N–H and O–H groups in total. The van der Waals surface area contributed by atoms with Gasteiger partial charge < -0.3 is 9.84 Å². The van der Waals surface area contributed by atoms with Gasteiger partial charge in [-0.25, -0.2) is 12.7 Å². The molecule has 1 fully saturated rings. The van der Waals surface area contributed by atoms with Crippen LogP contribution in [0.1, 0.15) is 32.6 Å². The van der Waals surface area contributed by atoms with E-state index in [2.05, 4.69) is 4.74 Å².